The number of hydrogen-bond donors (Lipinski definition) is 0. The Morgan fingerprint density at radius 3 is 2.15 bits per heavy atom. The van der Waals surface area contributed by atoms with Crippen LogP contribution < -0.4 is 9.47 Å². The molecule has 0 aliphatic rings. The normalized spacial score (nSPS) is 11.6. The number of nitro groups is 1. The quantitative estimate of drug-likeness (QED) is 0.152. The van der Waals surface area contributed by atoms with Gasteiger partial charge in [0, 0.05) is 11.6 Å². The molecule has 0 saturated heterocycles. The molecule has 3 aromatic carbocycles. The van der Waals surface area contributed by atoms with Crippen molar-refractivity contribution in [2.24, 2.45) is 0 Å². The molecule has 0 aromatic heterocycles. The monoisotopic (exact) mass is 467 g/mol. The summed E-state index contributed by atoms with van der Waals surface area (Å²) in [6.07, 6.45) is 2.68. The number of carbonyl (C=O) groups is 1. The van der Waals surface area contributed by atoms with E-state index >= 15 is 0 Å². The lowest BCUT2D eigenvalue weighted by molar-refractivity contribution is -0.385. The molecule has 8 heteroatoms. The maximum atomic E-state index is 12.3. The number of carbonyl (C=O) groups excluding carboxylic acids is 1. The number of ketones is 1. The Balaban J connectivity index is 1.75. The zero-order valence-corrected chi connectivity index (χ0v) is 18.8. The first-order chi connectivity index (χ1) is 16.0. The van der Waals surface area contributed by atoms with Crippen LogP contribution in [0.5, 0.6) is 17.2 Å². The highest BCUT2D eigenvalue weighted by molar-refractivity contribution is 6.06. The van der Waals surface area contributed by atoms with Crippen molar-refractivity contribution in [3.05, 3.63) is 99.6 Å². The SMILES string of the molecule is CC(C)(C)c1ccc(Oc2ccc(/C=C/C(=O)c3ccc(OC(F)F)cc3)cc2[N+](=O)[O-])cc1. The molecule has 0 radical (unpaired) electrons. The summed E-state index contributed by atoms with van der Waals surface area (Å²) in [6, 6.07) is 16.9. The summed E-state index contributed by atoms with van der Waals surface area (Å²) in [5, 5.41) is 11.6. The van der Waals surface area contributed by atoms with Gasteiger partial charge in [-0.15, -0.1) is 0 Å². The molecule has 0 aliphatic heterocycles. The van der Waals surface area contributed by atoms with Crippen LogP contribution in [-0.2, 0) is 5.41 Å². The van der Waals surface area contributed by atoms with Crippen LogP contribution >= 0.6 is 0 Å². The Morgan fingerprint density at radius 2 is 1.59 bits per heavy atom. The van der Waals surface area contributed by atoms with Crippen LogP contribution in [0.2, 0.25) is 0 Å². The lowest BCUT2D eigenvalue weighted by Gasteiger charge is -2.19. The number of rotatable bonds is 8. The van der Waals surface area contributed by atoms with Crippen molar-refractivity contribution in [2.45, 2.75) is 32.8 Å². The largest absolute Gasteiger partial charge is 0.450 e. The molecular formula is C26H23F2NO5. The minimum atomic E-state index is -2.95. The smallest absolute Gasteiger partial charge is 0.387 e. The summed E-state index contributed by atoms with van der Waals surface area (Å²) in [4.78, 5) is 23.4. The van der Waals surface area contributed by atoms with Crippen molar-refractivity contribution < 1.29 is 28.0 Å². The summed E-state index contributed by atoms with van der Waals surface area (Å²) in [5.74, 6) is 0.0840. The number of alkyl halides is 2. The number of hydrogen-bond acceptors (Lipinski definition) is 5. The van der Waals surface area contributed by atoms with Gasteiger partial charge in [-0.1, -0.05) is 45.0 Å². The van der Waals surface area contributed by atoms with Crippen molar-refractivity contribution in [1.82, 2.24) is 0 Å². The molecule has 0 atom stereocenters. The number of allylic oxidation sites excluding steroid dienone is 1. The molecule has 0 saturated carbocycles. The van der Waals surface area contributed by atoms with E-state index in [0.717, 1.165) is 5.56 Å². The lowest BCUT2D eigenvalue weighted by atomic mass is 9.87. The van der Waals surface area contributed by atoms with Gasteiger partial charge in [0.15, 0.2) is 5.78 Å². The van der Waals surface area contributed by atoms with Gasteiger partial charge in [-0.3, -0.25) is 14.9 Å². The molecule has 0 bridgehead atoms. The molecule has 34 heavy (non-hydrogen) atoms. The van der Waals surface area contributed by atoms with E-state index < -0.39 is 17.3 Å². The Bertz CT molecular complexity index is 1200. The van der Waals surface area contributed by atoms with Crippen LogP contribution in [0.15, 0.2) is 72.8 Å². The number of halogens is 2. The van der Waals surface area contributed by atoms with Gasteiger partial charge in [0.1, 0.15) is 11.5 Å². The minimum Gasteiger partial charge on any atom is -0.450 e. The van der Waals surface area contributed by atoms with Crippen LogP contribution in [0.1, 0.15) is 42.3 Å². The first-order valence-electron chi connectivity index (χ1n) is 10.4. The lowest BCUT2D eigenvalue weighted by Crippen LogP contribution is -2.10. The third-order valence-electron chi connectivity index (χ3n) is 4.92. The highest BCUT2D eigenvalue weighted by atomic mass is 19.3. The van der Waals surface area contributed by atoms with Crippen LogP contribution in [0.25, 0.3) is 6.08 Å². The first-order valence-corrected chi connectivity index (χ1v) is 10.4. The predicted octanol–water partition coefficient (Wildman–Crippen LogP) is 7.18. The Morgan fingerprint density at radius 1 is 0.971 bits per heavy atom. The molecule has 0 fully saturated rings. The van der Waals surface area contributed by atoms with E-state index in [-0.39, 0.29) is 28.2 Å². The molecule has 0 aliphatic carbocycles. The van der Waals surface area contributed by atoms with Gasteiger partial charge in [-0.2, -0.15) is 8.78 Å². The van der Waals surface area contributed by atoms with Crippen LogP contribution in [0, 0.1) is 10.1 Å². The molecule has 0 unspecified atom stereocenters. The van der Waals surface area contributed by atoms with Crippen molar-refractivity contribution in [1.29, 1.82) is 0 Å². The topological polar surface area (TPSA) is 78.7 Å². The number of benzene rings is 3. The number of nitrogens with zero attached hydrogens (tertiary/aromatic N) is 1. The van der Waals surface area contributed by atoms with Gasteiger partial charge in [-0.25, -0.2) is 0 Å². The summed E-state index contributed by atoms with van der Waals surface area (Å²) in [5.41, 5.74) is 1.51. The van der Waals surface area contributed by atoms with Gasteiger partial charge < -0.3 is 9.47 Å². The average molecular weight is 467 g/mol. The van der Waals surface area contributed by atoms with E-state index in [2.05, 4.69) is 25.5 Å². The second-order valence-electron chi connectivity index (χ2n) is 8.46. The van der Waals surface area contributed by atoms with E-state index in [1.807, 2.05) is 12.1 Å². The Labute approximate surface area is 195 Å². The first kappa shape index (κ1) is 24.6. The van der Waals surface area contributed by atoms with Crippen molar-refractivity contribution in [3.63, 3.8) is 0 Å². The zero-order chi connectivity index (χ0) is 24.9. The second-order valence-corrected chi connectivity index (χ2v) is 8.46. The van der Waals surface area contributed by atoms with Gasteiger partial charge in [0.05, 0.1) is 4.92 Å². The van der Waals surface area contributed by atoms with Gasteiger partial charge in [0.2, 0.25) is 5.75 Å². The highest BCUT2D eigenvalue weighted by Crippen LogP contribution is 2.33. The van der Waals surface area contributed by atoms with Crippen molar-refractivity contribution >= 4 is 17.5 Å². The molecule has 3 rings (SSSR count). The number of nitro benzene ring substituents is 1. The fourth-order valence-corrected chi connectivity index (χ4v) is 3.09. The molecule has 0 heterocycles. The molecular weight excluding hydrogens is 444 g/mol. The van der Waals surface area contributed by atoms with Crippen LogP contribution in [0.4, 0.5) is 14.5 Å². The van der Waals surface area contributed by atoms with Gasteiger partial charge in [-0.05, 0) is 65.1 Å². The highest BCUT2D eigenvalue weighted by Gasteiger charge is 2.18. The van der Waals surface area contributed by atoms with Gasteiger partial charge in [0.25, 0.3) is 0 Å². The Hall–Kier alpha value is -4.07. The van der Waals surface area contributed by atoms with E-state index in [4.69, 9.17) is 4.74 Å². The molecule has 0 N–H and O–H groups in total. The summed E-state index contributed by atoms with van der Waals surface area (Å²) in [6.45, 7) is 3.30. The average Bonchev–Trinajstić information content (AvgIpc) is 2.78. The third-order valence-corrected chi connectivity index (χ3v) is 4.92. The molecule has 176 valence electrons. The maximum absolute atomic E-state index is 12.3. The van der Waals surface area contributed by atoms with Crippen molar-refractivity contribution in [2.75, 3.05) is 0 Å². The fraction of sp³-hybridized carbons (Fsp3) is 0.192. The summed E-state index contributed by atoms with van der Waals surface area (Å²) >= 11 is 0. The standard InChI is InChI=1S/C26H23F2NO5/c1-26(2,3)19-8-12-20(13-9-19)33-24-15-5-17(16-22(24)29(31)32)4-14-23(30)18-6-10-21(11-7-18)34-25(27)28/h4-16,25H,1-3H3/b14-4+. The zero-order valence-electron chi connectivity index (χ0n) is 18.8. The van der Waals surface area contributed by atoms with Gasteiger partial charge >= 0.3 is 12.3 Å². The second kappa shape index (κ2) is 10.2. The summed E-state index contributed by atoms with van der Waals surface area (Å²) < 4.78 is 34.4. The van der Waals surface area contributed by atoms with Crippen molar-refractivity contribution in [3.8, 4) is 17.2 Å². The molecule has 0 amide bonds. The molecule has 0 spiro atoms. The molecule has 6 nitrogen and oxygen atoms in total. The van der Waals surface area contributed by atoms with E-state index in [1.54, 1.807) is 18.2 Å². The maximum Gasteiger partial charge on any atom is 0.387 e. The van der Waals surface area contributed by atoms with Crippen LogP contribution in [0.3, 0.4) is 0 Å². The van der Waals surface area contributed by atoms with E-state index in [9.17, 15) is 23.7 Å². The predicted molar refractivity (Wildman–Crippen MR) is 125 cm³/mol. The van der Waals surface area contributed by atoms with E-state index in [1.165, 1.54) is 48.6 Å². The third kappa shape index (κ3) is 6.48. The molecule has 3 aromatic rings. The summed E-state index contributed by atoms with van der Waals surface area (Å²) in [7, 11) is 0. The van der Waals surface area contributed by atoms with E-state index in [0.29, 0.717) is 11.3 Å². The number of ether oxygens (including phenoxy) is 2. The Kier molecular flexibility index (Phi) is 7.40. The minimum absolute atomic E-state index is 0.0302. The van der Waals surface area contributed by atoms with Crippen LogP contribution in [-0.4, -0.2) is 17.3 Å². The fourth-order valence-electron chi connectivity index (χ4n) is 3.09.